The SMILES string of the molecule is [Al].[Al].[As-3].[Ga+3].[Ga+3].[SbH6-3]. The van der Waals surface area contributed by atoms with E-state index >= 15 is 0 Å². The molecule has 0 aromatic rings. The molecule has 28 valence electrons. The topological polar surface area (TPSA) is 0 Å². The van der Waals surface area contributed by atoms with Gasteiger partial charge in [-0.05, 0) is 0 Å². The van der Waals surface area contributed by atoms with Crippen molar-refractivity contribution in [1.82, 2.24) is 0 Å². The van der Waals surface area contributed by atoms with Crippen molar-refractivity contribution in [2.45, 2.75) is 0 Å². The quantitative estimate of drug-likeness (QED) is 0.368. The third-order valence-corrected chi connectivity index (χ3v) is 0. The van der Waals surface area contributed by atoms with Gasteiger partial charge in [0, 0.05) is 34.7 Å². The first kappa shape index (κ1) is 53.5. The van der Waals surface area contributed by atoms with Gasteiger partial charge in [-0.1, -0.05) is 0 Å². The molecule has 0 aliphatic rings. The first-order valence-electron chi connectivity index (χ1n) is 0. The van der Waals surface area contributed by atoms with E-state index in [1.165, 1.54) is 0 Å². The van der Waals surface area contributed by atoms with Gasteiger partial charge < -0.3 is 18.0 Å². The second-order valence-electron chi connectivity index (χ2n) is 0. The van der Waals surface area contributed by atoms with Gasteiger partial charge in [0.2, 0.25) is 0 Å². The Hall–Kier alpha value is 3.71. The molecular formula is H6Al2AsGa2Sb. The van der Waals surface area contributed by atoms with Crippen LogP contribution in [0.1, 0.15) is 0 Å². The molecule has 0 aromatic heterocycles. The fourth-order valence-electron chi connectivity index (χ4n) is 0. The molecule has 0 aromatic carbocycles. The zero-order valence-electron chi connectivity index (χ0n) is 2.76. The third kappa shape index (κ3) is 25.2. The molecule has 0 unspecified atom stereocenters. The predicted octanol–water partition coefficient (Wildman–Crippen LogP) is -3.89. The van der Waals surface area contributed by atoms with Gasteiger partial charge in [0.25, 0.3) is 0 Å². The second kappa shape index (κ2) is 37.6. The molecule has 0 rings (SSSR count). The molecule has 0 aliphatic carbocycles. The van der Waals surface area contributed by atoms with E-state index in [0.717, 1.165) is 0 Å². The fraction of sp³-hybridized carbons (Fsp3) is 0. The van der Waals surface area contributed by atoms with Crippen LogP contribution >= 0.6 is 0 Å². The molecule has 0 saturated carbocycles. The Bertz CT molecular complexity index is 11.5. The van der Waals surface area contributed by atoms with Crippen LogP contribution in [0, 0.1) is 0 Å². The van der Waals surface area contributed by atoms with Crippen molar-refractivity contribution >= 4 is 117 Å². The Morgan fingerprint density at radius 1 is 0.667 bits per heavy atom. The number of rotatable bonds is 0. The van der Waals surface area contributed by atoms with Crippen LogP contribution in [-0.4, -0.2) is 117 Å². The fourth-order valence-corrected chi connectivity index (χ4v) is 0. The molecule has 0 spiro atoms. The van der Waals surface area contributed by atoms with Gasteiger partial charge in [0.1, 0.15) is 0 Å². The average Bonchev–Trinajstić information content (AvgIpc) is 0. The summed E-state index contributed by atoms with van der Waals surface area (Å²) in [6.45, 7) is 0. The zero-order chi connectivity index (χ0) is 0. The maximum absolute atomic E-state index is 0. The van der Waals surface area contributed by atoms with Crippen LogP contribution < -0.4 is 0 Å². The van der Waals surface area contributed by atoms with Crippen LogP contribution in [0.15, 0.2) is 0 Å². The number of hydrogen-bond acceptors (Lipinski definition) is 0. The van der Waals surface area contributed by atoms with E-state index in [4.69, 9.17) is 0 Å². The first-order chi connectivity index (χ1) is 0. The van der Waals surface area contributed by atoms with Crippen molar-refractivity contribution in [3.8, 4) is 0 Å². The molecule has 6 heavy (non-hydrogen) atoms. The van der Waals surface area contributed by atoms with Gasteiger partial charge in [-0.2, -0.15) is 0 Å². The van der Waals surface area contributed by atoms with E-state index in [9.17, 15) is 0 Å². The van der Waals surface area contributed by atoms with E-state index in [-0.39, 0.29) is 117 Å². The Morgan fingerprint density at radius 2 is 0.667 bits per heavy atom. The third-order valence-electron chi connectivity index (χ3n) is 0. The molecule has 0 fully saturated rings. The van der Waals surface area contributed by atoms with E-state index < -0.39 is 0 Å². The van der Waals surface area contributed by atoms with E-state index in [1.807, 2.05) is 0 Å². The van der Waals surface area contributed by atoms with Crippen molar-refractivity contribution in [2.75, 3.05) is 0 Å². The Kier molecular flexibility index (Phi) is 335. The summed E-state index contributed by atoms with van der Waals surface area (Å²) >= 11 is 0. The molecule has 6 radical (unpaired) electrons. The van der Waals surface area contributed by atoms with Crippen LogP contribution in [0.3, 0.4) is 0 Å². The minimum absolute atomic E-state index is 0. The summed E-state index contributed by atoms with van der Waals surface area (Å²) in [7, 11) is 0. The van der Waals surface area contributed by atoms with Crippen LogP contribution in [-0.2, 0) is 0 Å². The summed E-state index contributed by atoms with van der Waals surface area (Å²) in [5.74, 6) is 0. The van der Waals surface area contributed by atoms with Crippen LogP contribution in [0.5, 0.6) is 0 Å². The molecule has 0 aliphatic heterocycles. The summed E-state index contributed by atoms with van der Waals surface area (Å²) in [6.07, 6.45) is 0. The molecular weight excluding hydrogens is 390 g/mol. The van der Waals surface area contributed by atoms with Gasteiger partial charge in [-0.3, -0.25) is 0 Å². The van der Waals surface area contributed by atoms with Crippen LogP contribution in [0.4, 0.5) is 0 Å². The molecule has 0 amide bonds. The van der Waals surface area contributed by atoms with Crippen LogP contribution in [0.25, 0.3) is 0 Å². The molecule has 0 N–H and O–H groups in total. The Balaban J connectivity index is 0. The zero-order valence-corrected chi connectivity index (χ0v) is 11.8. The van der Waals surface area contributed by atoms with Gasteiger partial charge in [0.05, 0.1) is 0 Å². The van der Waals surface area contributed by atoms with Gasteiger partial charge in [-0.15, -0.1) is 0 Å². The molecule has 0 nitrogen and oxygen atoms in total. The molecule has 0 atom stereocenters. The Morgan fingerprint density at radius 3 is 0.667 bits per heavy atom. The summed E-state index contributed by atoms with van der Waals surface area (Å²) < 4.78 is 0. The summed E-state index contributed by atoms with van der Waals surface area (Å²) in [5.41, 5.74) is 0. The Labute approximate surface area is 114 Å². The monoisotopic (exact) mass is 394 g/mol. The minimum atomic E-state index is 0. The van der Waals surface area contributed by atoms with Gasteiger partial charge in [-0.25, -0.2) is 0 Å². The van der Waals surface area contributed by atoms with Crippen molar-refractivity contribution in [2.24, 2.45) is 0 Å². The van der Waals surface area contributed by atoms with Gasteiger partial charge in [0.15, 0.2) is 0 Å². The van der Waals surface area contributed by atoms with Crippen molar-refractivity contribution in [3.05, 3.63) is 0 Å². The van der Waals surface area contributed by atoms with E-state index in [2.05, 4.69) is 0 Å². The number of hydrogen-bond donors (Lipinski definition) is 0. The van der Waals surface area contributed by atoms with Gasteiger partial charge >= 0.3 is 64.0 Å². The molecule has 0 saturated heterocycles. The summed E-state index contributed by atoms with van der Waals surface area (Å²) in [4.78, 5) is 0. The summed E-state index contributed by atoms with van der Waals surface area (Å²) in [5, 5.41) is 0. The molecule has 0 bridgehead atoms. The maximum atomic E-state index is 0. The van der Waals surface area contributed by atoms with E-state index in [0.29, 0.717) is 0 Å². The standard InChI is InChI=1S/2Al.As.2Ga.Sb.6H/q;;-3;2*+3;-3;;;;;;. The summed E-state index contributed by atoms with van der Waals surface area (Å²) in [6, 6.07) is 0. The first-order valence-corrected chi connectivity index (χ1v) is 0. The normalized spacial score (nSPS) is 0. The van der Waals surface area contributed by atoms with Crippen molar-refractivity contribution in [1.29, 1.82) is 0 Å². The van der Waals surface area contributed by atoms with Crippen LogP contribution in [0.2, 0.25) is 0 Å². The van der Waals surface area contributed by atoms with E-state index in [1.54, 1.807) is 0 Å². The molecule has 0 heterocycles. The molecule has 6 heteroatoms. The second-order valence-corrected chi connectivity index (χ2v) is 0. The average molecular weight is 396 g/mol. The predicted molar refractivity (Wildman–Crippen MR) is 42.9 cm³/mol. The van der Waals surface area contributed by atoms with Crippen molar-refractivity contribution in [3.63, 3.8) is 0 Å². The van der Waals surface area contributed by atoms with Crippen molar-refractivity contribution < 1.29 is 0 Å².